The third-order valence-corrected chi connectivity index (χ3v) is 10.5. The van der Waals surface area contributed by atoms with Crippen molar-refractivity contribution < 1.29 is 14.4 Å². The second kappa shape index (κ2) is 8.72. The Labute approximate surface area is 213 Å². The standard InChI is InChI=1S/C31H37NO4/c1-29-15-12-24(32-36-19-21-6-4-3-5-7-21)18-23(29)9-10-27-26(29)13-16-30(2)25(14-17-31(27,30)34)22-8-11-28(33)35-20-22/h3-8,11,18,20,25-27,34H,9-10,12-17,19H2,1-2H3/t25-,26?,27?,29+,30-,31+/m1/s1. The third-order valence-electron chi connectivity index (χ3n) is 10.5. The molecule has 36 heavy (non-hydrogen) atoms. The van der Waals surface area contributed by atoms with Gasteiger partial charge in [-0.2, -0.15) is 0 Å². The van der Waals surface area contributed by atoms with E-state index in [2.05, 4.69) is 37.2 Å². The van der Waals surface area contributed by atoms with Gasteiger partial charge in [0.25, 0.3) is 0 Å². The van der Waals surface area contributed by atoms with Crippen LogP contribution in [0.1, 0.15) is 82.3 Å². The summed E-state index contributed by atoms with van der Waals surface area (Å²) < 4.78 is 5.22. The van der Waals surface area contributed by atoms with Crippen molar-refractivity contribution >= 4 is 5.71 Å². The topological polar surface area (TPSA) is 72.0 Å². The van der Waals surface area contributed by atoms with Gasteiger partial charge in [-0.25, -0.2) is 4.79 Å². The molecule has 190 valence electrons. The van der Waals surface area contributed by atoms with E-state index in [9.17, 15) is 9.90 Å². The normalized spacial score (nSPS) is 38.6. The summed E-state index contributed by atoms with van der Waals surface area (Å²) in [6.07, 6.45) is 11.8. The lowest BCUT2D eigenvalue weighted by Gasteiger charge is -2.61. The van der Waals surface area contributed by atoms with Gasteiger partial charge in [-0.1, -0.05) is 54.9 Å². The van der Waals surface area contributed by atoms with Gasteiger partial charge in [0.15, 0.2) is 0 Å². The summed E-state index contributed by atoms with van der Waals surface area (Å²) in [5.74, 6) is 1.01. The van der Waals surface area contributed by atoms with Crippen molar-refractivity contribution in [3.8, 4) is 0 Å². The van der Waals surface area contributed by atoms with E-state index >= 15 is 0 Å². The highest BCUT2D eigenvalue weighted by molar-refractivity contribution is 5.96. The minimum Gasteiger partial charge on any atom is -0.431 e. The van der Waals surface area contributed by atoms with Gasteiger partial charge in [-0.3, -0.25) is 0 Å². The van der Waals surface area contributed by atoms with Crippen LogP contribution in [0.2, 0.25) is 0 Å². The maximum absolute atomic E-state index is 12.4. The molecule has 0 bridgehead atoms. The molecule has 2 aromatic rings. The lowest BCUT2D eigenvalue weighted by Crippen LogP contribution is -2.60. The van der Waals surface area contributed by atoms with Crippen molar-refractivity contribution in [3.63, 3.8) is 0 Å². The number of oxime groups is 1. The van der Waals surface area contributed by atoms with Crippen molar-refractivity contribution in [1.29, 1.82) is 0 Å². The van der Waals surface area contributed by atoms with E-state index in [-0.39, 0.29) is 22.4 Å². The zero-order valence-electron chi connectivity index (χ0n) is 21.4. The molecule has 4 aliphatic carbocycles. The Balaban J connectivity index is 1.22. The van der Waals surface area contributed by atoms with Crippen molar-refractivity contribution in [2.24, 2.45) is 27.8 Å². The number of allylic oxidation sites excluding steroid dienone is 2. The summed E-state index contributed by atoms with van der Waals surface area (Å²) in [7, 11) is 0. The molecule has 4 aliphatic rings. The Morgan fingerprint density at radius 1 is 1.00 bits per heavy atom. The monoisotopic (exact) mass is 487 g/mol. The molecule has 1 aromatic carbocycles. The molecule has 1 aromatic heterocycles. The van der Waals surface area contributed by atoms with Crippen LogP contribution in [0, 0.1) is 22.7 Å². The predicted molar refractivity (Wildman–Crippen MR) is 140 cm³/mol. The molecule has 0 radical (unpaired) electrons. The zero-order chi connectivity index (χ0) is 25.0. The molecule has 0 aliphatic heterocycles. The number of rotatable bonds is 4. The van der Waals surface area contributed by atoms with Gasteiger partial charge in [-0.05, 0) is 97.8 Å². The molecule has 3 saturated carbocycles. The van der Waals surface area contributed by atoms with E-state index in [0.717, 1.165) is 68.2 Å². The molecule has 0 amide bonds. The first kappa shape index (κ1) is 23.7. The molecule has 6 rings (SSSR count). The smallest absolute Gasteiger partial charge is 0.335 e. The number of hydrogen-bond acceptors (Lipinski definition) is 5. The van der Waals surface area contributed by atoms with Gasteiger partial charge in [0, 0.05) is 11.5 Å². The highest BCUT2D eigenvalue weighted by Crippen LogP contribution is 2.69. The summed E-state index contributed by atoms with van der Waals surface area (Å²) >= 11 is 0. The lowest BCUT2D eigenvalue weighted by atomic mass is 9.45. The molecule has 5 nitrogen and oxygen atoms in total. The van der Waals surface area contributed by atoms with Gasteiger partial charge in [0.05, 0.1) is 17.6 Å². The highest BCUT2D eigenvalue weighted by Gasteiger charge is 2.66. The molecule has 3 fully saturated rings. The molecule has 2 unspecified atom stereocenters. The number of aliphatic hydroxyl groups is 1. The fourth-order valence-electron chi connectivity index (χ4n) is 8.48. The minimum atomic E-state index is -0.682. The first-order valence-electron chi connectivity index (χ1n) is 13.6. The number of hydrogen-bond donors (Lipinski definition) is 1. The summed E-state index contributed by atoms with van der Waals surface area (Å²) in [4.78, 5) is 17.2. The van der Waals surface area contributed by atoms with Gasteiger partial charge < -0.3 is 14.4 Å². The SMILES string of the molecule is C[C@]12CCC(=NOCc3ccccc3)C=C1CCC1C2CC[C@]2(C)[C@@H](c3ccc(=O)oc3)CC[C@]12O. The van der Waals surface area contributed by atoms with Crippen LogP contribution in [-0.2, 0) is 11.4 Å². The summed E-state index contributed by atoms with van der Waals surface area (Å²) in [6, 6.07) is 13.6. The second-order valence-electron chi connectivity index (χ2n) is 12.0. The average Bonchev–Trinajstić information content (AvgIpc) is 3.16. The molecule has 0 saturated heterocycles. The highest BCUT2D eigenvalue weighted by atomic mass is 16.6. The predicted octanol–water partition coefficient (Wildman–Crippen LogP) is 6.37. The van der Waals surface area contributed by atoms with Crippen LogP contribution in [0.15, 0.2) is 74.7 Å². The van der Waals surface area contributed by atoms with E-state index in [1.165, 1.54) is 11.6 Å². The van der Waals surface area contributed by atoms with Crippen LogP contribution >= 0.6 is 0 Å². The quantitative estimate of drug-likeness (QED) is 0.508. The van der Waals surface area contributed by atoms with Crippen LogP contribution in [-0.4, -0.2) is 16.4 Å². The van der Waals surface area contributed by atoms with Gasteiger partial charge in [0.1, 0.15) is 6.61 Å². The van der Waals surface area contributed by atoms with Gasteiger partial charge in [0.2, 0.25) is 0 Å². The third kappa shape index (κ3) is 3.61. The maximum Gasteiger partial charge on any atom is 0.335 e. The Kier molecular flexibility index (Phi) is 5.75. The van der Waals surface area contributed by atoms with Crippen LogP contribution in [0.25, 0.3) is 0 Å². The van der Waals surface area contributed by atoms with Crippen molar-refractivity contribution in [1.82, 2.24) is 0 Å². The van der Waals surface area contributed by atoms with Crippen LogP contribution in [0.5, 0.6) is 0 Å². The van der Waals surface area contributed by atoms with Crippen molar-refractivity contribution in [2.45, 2.75) is 83.3 Å². The Bertz CT molecular complexity index is 1230. The number of benzene rings is 1. The zero-order valence-corrected chi connectivity index (χ0v) is 21.4. The Morgan fingerprint density at radius 3 is 2.61 bits per heavy atom. The maximum atomic E-state index is 12.4. The Hall–Kier alpha value is -2.66. The summed E-state index contributed by atoms with van der Waals surface area (Å²) in [5.41, 5.74) is 3.63. The fourth-order valence-corrected chi connectivity index (χ4v) is 8.48. The number of fused-ring (bicyclic) bond motifs is 5. The first-order chi connectivity index (χ1) is 17.3. The lowest BCUT2D eigenvalue weighted by molar-refractivity contribution is -0.176. The van der Waals surface area contributed by atoms with Crippen molar-refractivity contribution in [3.05, 3.63) is 81.9 Å². The largest absolute Gasteiger partial charge is 0.431 e. The molecule has 1 heterocycles. The van der Waals surface area contributed by atoms with Crippen LogP contribution in [0.4, 0.5) is 0 Å². The molecule has 1 N–H and O–H groups in total. The molecular weight excluding hydrogens is 450 g/mol. The minimum absolute atomic E-state index is 0.107. The summed E-state index contributed by atoms with van der Waals surface area (Å²) in [5, 5.41) is 16.9. The fraction of sp³-hybridized carbons (Fsp3) is 0.548. The summed E-state index contributed by atoms with van der Waals surface area (Å²) in [6.45, 7) is 5.21. The Morgan fingerprint density at radius 2 is 1.83 bits per heavy atom. The molecule has 6 atom stereocenters. The van der Waals surface area contributed by atoms with Gasteiger partial charge >= 0.3 is 5.63 Å². The molecular formula is C31H37NO4. The number of nitrogens with zero attached hydrogens (tertiary/aromatic N) is 1. The van der Waals surface area contributed by atoms with E-state index in [4.69, 9.17) is 9.25 Å². The van der Waals surface area contributed by atoms with Crippen LogP contribution < -0.4 is 5.63 Å². The van der Waals surface area contributed by atoms with E-state index < -0.39 is 5.60 Å². The second-order valence-corrected chi connectivity index (χ2v) is 12.0. The van der Waals surface area contributed by atoms with E-state index in [0.29, 0.717) is 18.4 Å². The van der Waals surface area contributed by atoms with E-state index in [1.807, 2.05) is 24.3 Å². The van der Waals surface area contributed by atoms with Crippen LogP contribution in [0.3, 0.4) is 0 Å². The van der Waals surface area contributed by atoms with E-state index in [1.54, 1.807) is 6.26 Å². The molecule has 0 spiro atoms. The van der Waals surface area contributed by atoms with Gasteiger partial charge in [-0.15, -0.1) is 0 Å². The molecule has 5 heteroatoms. The van der Waals surface area contributed by atoms with Crippen molar-refractivity contribution in [2.75, 3.05) is 0 Å². The average molecular weight is 488 g/mol. The first-order valence-corrected chi connectivity index (χ1v) is 13.6.